The highest BCUT2D eigenvalue weighted by molar-refractivity contribution is 6.05. The molecule has 0 spiro atoms. The van der Waals surface area contributed by atoms with Crippen molar-refractivity contribution in [2.24, 2.45) is 5.92 Å². The highest BCUT2D eigenvalue weighted by atomic mass is 16.3. The fraction of sp³-hybridized carbons (Fsp3) is 0.346. The van der Waals surface area contributed by atoms with Crippen LogP contribution < -0.4 is 16.1 Å². The number of hydrogen-bond donors (Lipinski definition) is 2. The molecule has 1 aliphatic carbocycles. The first kappa shape index (κ1) is 21.8. The molecule has 1 heterocycles. The van der Waals surface area contributed by atoms with Crippen LogP contribution in [0.3, 0.4) is 0 Å². The number of amides is 2. The molecule has 3 aromatic rings. The summed E-state index contributed by atoms with van der Waals surface area (Å²) in [5.74, 6) is 0.279. The average Bonchev–Trinajstić information content (AvgIpc) is 2.84. The summed E-state index contributed by atoms with van der Waals surface area (Å²) < 4.78 is 6.11. The van der Waals surface area contributed by atoms with Gasteiger partial charge >= 0.3 is 0 Å². The van der Waals surface area contributed by atoms with E-state index in [9.17, 15) is 14.4 Å². The van der Waals surface area contributed by atoms with Crippen LogP contribution in [0, 0.1) is 12.8 Å². The number of para-hydroxylation sites is 1. The van der Waals surface area contributed by atoms with E-state index in [1.807, 2.05) is 30.3 Å². The lowest BCUT2D eigenvalue weighted by Gasteiger charge is -2.20. The van der Waals surface area contributed by atoms with Gasteiger partial charge in [0.1, 0.15) is 5.76 Å². The van der Waals surface area contributed by atoms with Crippen LogP contribution in [0.5, 0.6) is 0 Å². The third-order valence-electron chi connectivity index (χ3n) is 6.11. The summed E-state index contributed by atoms with van der Waals surface area (Å²) in [5.41, 5.74) is 1.71. The topological polar surface area (TPSA) is 88.4 Å². The SMILES string of the molecule is Cc1c(-c2ccccc2)oc2c(C(=O)NCCNC(=O)C3CCCCC3)cccc2c1=O. The summed E-state index contributed by atoms with van der Waals surface area (Å²) in [6, 6.07) is 14.4. The molecule has 2 aromatic carbocycles. The van der Waals surface area contributed by atoms with Gasteiger partial charge in [0.15, 0.2) is 11.0 Å². The van der Waals surface area contributed by atoms with Gasteiger partial charge in [0.25, 0.3) is 5.91 Å². The van der Waals surface area contributed by atoms with Crippen molar-refractivity contribution in [3.8, 4) is 11.3 Å². The summed E-state index contributed by atoms with van der Waals surface area (Å²) in [4.78, 5) is 38.1. The zero-order chi connectivity index (χ0) is 22.5. The number of carbonyl (C=O) groups excluding carboxylic acids is 2. The van der Waals surface area contributed by atoms with Gasteiger partial charge in [-0.3, -0.25) is 14.4 Å². The molecule has 0 radical (unpaired) electrons. The zero-order valence-corrected chi connectivity index (χ0v) is 18.3. The Kier molecular flexibility index (Phi) is 6.69. The maximum atomic E-state index is 12.9. The number of nitrogens with one attached hydrogen (secondary N) is 2. The van der Waals surface area contributed by atoms with E-state index in [-0.39, 0.29) is 28.7 Å². The Labute approximate surface area is 187 Å². The van der Waals surface area contributed by atoms with Crippen molar-refractivity contribution in [3.63, 3.8) is 0 Å². The molecule has 4 rings (SSSR count). The van der Waals surface area contributed by atoms with E-state index < -0.39 is 0 Å². The second kappa shape index (κ2) is 9.81. The van der Waals surface area contributed by atoms with Crippen LogP contribution in [-0.2, 0) is 4.79 Å². The van der Waals surface area contributed by atoms with E-state index >= 15 is 0 Å². The van der Waals surface area contributed by atoms with E-state index in [4.69, 9.17) is 4.42 Å². The number of hydrogen-bond acceptors (Lipinski definition) is 4. The molecule has 6 heteroatoms. The Morgan fingerprint density at radius 1 is 0.938 bits per heavy atom. The number of carbonyl (C=O) groups is 2. The number of rotatable bonds is 6. The lowest BCUT2D eigenvalue weighted by Crippen LogP contribution is -2.38. The molecule has 2 amide bonds. The van der Waals surface area contributed by atoms with Crippen molar-refractivity contribution < 1.29 is 14.0 Å². The second-order valence-corrected chi connectivity index (χ2v) is 8.32. The van der Waals surface area contributed by atoms with Gasteiger partial charge in [-0.15, -0.1) is 0 Å². The third kappa shape index (κ3) is 4.59. The monoisotopic (exact) mass is 432 g/mol. The van der Waals surface area contributed by atoms with E-state index in [2.05, 4.69) is 10.6 Å². The smallest absolute Gasteiger partial charge is 0.255 e. The van der Waals surface area contributed by atoms with Crippen LogP contribution >= 0.6 is 0 Å². The quantitative estimate of drug-likeness (QED) is 0.572. The molecule has 0 unspecified atom stereocenters. The van der Waals surface area contributed by atoms with Crippen molar-refractivity contribution in [2.75, 3.05) is 13.1 Å². The highest BCUT2D eigenvalue weighted by Crippen LogP contribution is 2.27. The first-order valence-electron chi connectivity index (χ1n) is 11.2. The molecule has 0 bridgehead atoms. The van der Waals surface area contributed by atoms with Crippen LogP contribution in [0.1, 0.15) is 48.0 Å². The fourth-order valence-electron chi connectivity index (χ4n) is 4.32. The standard InChI is InChI=1S/C26H28N2O4/c1-17-22(29)20-13-8-14-21(24(20)32-23(17)18-9-4-2-5-10-18)26(31)28-16-15-27-25(30)19-11-6-3-7-12-19/h2,4-5,8-10,13-14,19H,3,6-7,11-12,15-16H2,1H3,(H,27,30)(H,28,31). The van der Waals surface area contributed by atoms with E-state index in [0.717, 1.165) is 31.2 Å². The number of benzene rings is 2. The third-order valence-corrected chi connectivity index (χ3v) is 6.11. The highest BCUT2D eigenvalue weighted by Gasteiger charge is 2.21. The molecule has 1 aromatic heterocycles. The summed E-state index contributed by atoms with van der Waals surface area (Å²) in [5, 5.41) is 6.12. The first-order chi connectivity index (χ1) is 15.6. The lowest BCUT2D eigenvalue weighted by atomic mass is 9.89. The van der Waals surface area contributed by atoms with Crippen molar-refractivity contribution in [3.05, 3.63) is 69.9 Å². The summed E-state index contributed by atoms with van der Waals surface area (Å²) >= 11 is 0. The maximum Gasteiger partial charge on any atom is 0.255 e. The van der Waals surface area contributed by atoms with Gasteiger partial charge < -0.3 is 15.1 Å². The molecule has 0 aliphatic heterocycles. The molecular formula is C26H28N2O4. The fourth-order valence-corrected chi connectivity index (χ4v) is 4.32. The lowest BCUT2D eigenvalue weighted by molar-refractivity contribution is -0.125. The van der Waals surface area contributed by atoms with Gasteiger partial charge in [0.2, 0.25) is 5.91 Å². The van der Waals surface area contributed by atoms with Crippen molar-refractivity contribution in [1.82, 2.24) is 10.6 Å². The Balaban J connectivity index is 1.50. The predicted octanol–water partition coefficient (Wildman–Crippen LogP) is 4.19. The van der Waals surface area contributed by atoms with E-state index in [0.29, 0.717) is 35.4 Å². The molecule has 1 aliphatic rings. The van der Waals surface area contributed by atoms with Crippen LogP contribution in [0.25, 0.3) is 22.3 Å². The molecule has 0 atom stereocenters. The molecule has 1 saturated carbocycles. The largest absolute Gasteiger partial charge is 0.455 e. The summed E-state index contributed by atoms with van der Waals surface area (Å²) in [6.45, 7) is 2.40. The molecule has 6 nitrogen and oxygen atoms in total. The van der Waals surface area contributed by atoms with Gasteiger partial charge in [0, 0.05) is 30.1 Å². The van der Waals surface area contributed by atoms with Gasteiger partial charge in [-0.25, -0.2) is 0 Å². The molecule has 1 fully saturated rings. The molecule has 2 N–H and O–H groups in total. The van der Waals surface area contributed by atoms with Gasteiger partial charge in [-0.05, 0) is 31.9 Å². The molecule has 166 valence electrons. The van der Waals surface area contributed by atoms with Gasteiger partial charge in [0.05, 0.1) is 10.9 Å². The minimum Gasteiger partial charge on any atom is -0.455 e. The maximum absolute atomic E-state index is 12.9. The minimum atomic E-state index is -0.339. The van der Waals surface area contributed by atoms with E-state index in [1.165, 1.54) is 6.42 Å². The van der Waals surface area contributed by atoms with Crippen LogP contribution in [0.4, 0.5) is 0 Å². The number of fused-ring (bicyclic) bond motifs is 1. The Hall–Kier alpha value is -3.41. The Morgan fingerprint density at radius 3 is 2.41 bits per heavy atom. The summed E-state index contributed by atoms with van der Waals surface area (Å²) in [6.07, 6.45) is 5.29. The Morgan fingerprint density at radius 2 is 1.66 bits per heavy atom. The summed E-state index contributed by atoms with van der Waals surface area (Å²) in [7, 11) is 0. The average molecular weight is 433 g/mol. The van der Waals surface area contributed by atoms with Crippen LogP contribution in [0.2, 0.25) is 0 Å². The minimum absolute atomic E-state index is 0.0677. The van der Waals surface area contributed by atoms with Gasteiger partial charge in [-0.1, -0.05) is 55.7 Å². The van der Waals surface area contributed by atoms with Gasteiger partial charge in [-0.2, -0.15) is 0 Å². The first-order valence-corrected chi connectivity index (χ1v) is 11.2. The normalized spacial score (nSPS) is 14.3. The molecule has 32 heavy (non-hydrogen) atoms. The molecular weight excluding hydrogens is 404 g/mol. The van der Waals surface area contributed by atoms with Crippen molar-refractivity contribution >= 4 is 22.8 Å². The van der Waals surface area contributed by atoms with E-state index in [1.54, 1.807) is 25.1 Å². The van der Waals surface area contributed by atoms with Crippen LogP contribution in [-0.4, -0.2) is 24.9 Å². The molecule has 0 saturated heterocycles. The van der Waals surface area contributed by atoms with Crippen molar-refractivity contribution in [1.29, 1.82) is 0 Å². The van der Waals surface area contributed by atoms with Crippen LogP contribution in [0.15, 0.2) is 57.7 Å². The predicted molar refractivity (Wildman–Crippen MR) is 125 cm³/mol. The zero-order valence-electron chi connectivity index (χ0n) is 18.3. The van der Waals surface area contributed by atoms with Crippen molar-refractivity contribution in [2.45, 2.75) is 39.0 Å². The Bertz CT molecular complexity index is 1180. The second-order valence-electron chi connectivity index (χ2n) is 8.32.